The van der Waals surface area contributed by atoms with E-state index in [4.69, 9.17) is 4.74 Å². The molecule has 1 aliphatic rings. The number of nitrogens with zero attached hydrogens (tertiary/aromatic N) is 1. The van der Waals surface area contributed by atoms with Crippen molar-refractivity contribution in [3.63, 3.8) is 0 Å². The van der Waals surface area contributed by atoms with Gasteiger partial charge in [0.1, 0.15) is 11.9 Å². The van der Waals surface area contributed by atoms with Gasteiger partial charge >= 0.3 is 0 Å². The maximum absolute atomic E-state index is 13.5. The van der Waals surface area contributed by atoms with Crippen LogP contribution in [0, 0.1) is 0 Å². The lowest BCUT2D eigenvalue weighted by molar-refractivity contribution is 0.0682. The Bertz CT molecular complexity index is 1270. The van der Waals surface area contributed by atoms with Crippen LogP contribution in [0.3, 0.4) is 0 Å². The zero-order valence-corrected chi connectivity index (χ0v) is 18.8. The fourth-order valence-corrected chi connectivity index (χ4v) is 4.60. The van der Waals surface area contributed by atoms with Crippen molar-refractivity contribution in [2.75, 3.05) is 18.5 Å². The predicted octanol–water partition coefficient (Wildman–Crippen LogP) is 6.44. The van der Waals surface area contributed by atoms with Gasteiger partial charge in [-0.05, 0) is 41.0 Å². The van der Waals surface area contributed by atoms with Crippen LogP contribution in [0.1, 0.15) is 41.0 Å². The fraction of sp³-hybridized carbons (Fsp3) is 0.207. The normalized spacial score (nSPS) is 15.2. The van der Waals surface area contributed by atoms with Crippen LogP contribution in [0.5, 0.6) is 5.75 Å². The maximum Gasteiger partial charge on any atom is 0.257 e. The third-order valence-electron chi connectivity index (χ3n) is 6.18. The highest BCUT2D eigenvalue weighted by molar-refractivity contribution is 6.02. The molecule has 4 aromatic carbocycles. The molecule has 1 heterocycles. The van der Waals surface area contributed by atoms with Crippen LogP contribution in [0.15, 0.2) is 91.0 Å². The van der Waals surface area contributed by atoms with Crippen LogP contribution in [-0.2, 0) is 6.42 Å². The van der Waals surface area contributed by atoms with Crippen LogP contribution in [0.4, 0.5) is 5.69 Å². The minimum Gasteiger partial charge on any atom is -0.493 e. The molecule has 0 saturated carbocycles. The van der Waals surface area contributed by atoms with Gasteiger partial charge in [-0.2, -0.15) is 0 Å². The quantitative estimate of drug-likeness (QED) is 0.363. The summed E-state index contributed by atoms with van der Waals surface area (Å²) in [7, 11) is 0. The first-order valence-corrected chi connectivity index (χ1v) is 11.6. The Morgan fingerprint density at radius 2 is 1.64 bits per heavy atom. The molecule has 4 aromatic rings. The second-order valence-corrected chi connectivity index (χ2v) is 8.37. The van der Waals surface area contributed by atoms with E-state index in [1.165, 1.54) is 5.56 Å². The topological polar surface area (TPSA) is 41.6 Å². The highest BCUT2D eigenvalue weighted by Gasteiger charge is 2.34. The van der Waals surface area contributed by atoms with Gasteiger partial charge in [-0.1, -0.05) is 79.7 Å². The van der Waals surface area contributed by atoms with E-state index in [0.717, 1.165) is 40.6 Å². The van der Waals surface area contributed by atoms with E-state index in [1.54, 1.807) is 0 Å². The van der Waals surface area contributed by atoms with Crippen molar-refractivity contribution in [3.05, 3.63) is 108 Å². The number of benzene rings is 4. The predicted molar refractivity (Wildman–Crippen MR) is 134 cm³/mol. The smallest absolute Gasteiger partial charge is 0.257 e. The number of anilines is 1. The second-order valence-electron chi connectivity index (χ2n) is 8.37. The van der Waals surface area contributed by atoms with Crippen molar-refractivity contribution in [1.29, 1.82) is 0 Å². The zero-order chi connectivity index (χ0) is 22.6. The molecule has 0 bridgehead atoms. The minimum atomic E-state index is -0.301. The Labute approximate surface area is 194 Å². The molecule has 1 N–H and O–H groups in total. The number of hydrogen-bond donors (Lipinski definition) is 1. The SMILES string of the molecule is CCCN1C(=O)c2ccccc2NC1c1c(OCCc2ccccc2)ccc2ccccc12. The van der Waals surface area contributed by atoms with Gasteiger partial charge in [0, 0.05) is 24.2 Å². The second kappa shape index (κ2) is 9.37. The number of carbonyl (C=O) groups is 1. The summed E-state index contributed by atoms with van der Waals surface area (Å²) < 4.78 is 6.37. The standard InChI is InChI=1S/C29H28N2O2/c1-2-19-31-28(30-25-15-9-8-14-24(25)29(31)32)27-23-13-7-6-12-22(23)16-17-26(27)33-20-18-21-10-4-3-5-11-21/h3-17,28,30H,2,18-20H2,1H3. The monoisotopic (exact) mass is 436 g/mol. The Hall–Kier alpha value is -3.79. The summed E-state index contributed by atoms with van der Waals surface area (Å²) >= 11 is 0. The molecule has 1 atom stereocenters. The molecule has 166 valence electrons. The van der Waals surface area contributed by atoms with Gasteiger partial charge < -0.3 is 15.0 Å². The Balaban J connectivity index is 1.56. The molecular formula is C29H28N2O2. The van der Waals surface area contributed by atoms with Crippen LogP contribution in [0.2, 0.25) is 0 Å². The van der Waals surface area contributed by atoms with E-state index in [0.29, 0.717) is 18.7 Å². The third-order valence-corrected chi connectivity index (χ3v) is 6.18. The van der Waals surface area contributed by atoms with E-state index in [1.807, 2.05) is 53.4 Å². The molecule has 0 fully saturated rings. The van der Waals surface area contributed by atoms with Crippen molar-refractivity contribution >= 4 is 22.4 Å². The van der Waals surface area contributed by atoms with Gasteiger partial charge in [-0.25, -0.2) is 0 Å². The molecule has 0 spiro atoms. The summed E-state index contributed by atoms with van der Waals surface area (Å²) in [6.45, 7) is 3.34. The lowest BCUT2D eigenvalue weighted by atomic mass is 9.97. The molecule has 4 nitrogen and oxygen atoms in total. The molecule has 4 heteroatoms. The molecule has 1 aliphatic heterocycles. The van der Waals surface area contributed by atoms with E-state index in [9.17, 15) is 4.79 Å². The number of nitrogens with one attached hydrogen (secondary N) is 1. The van der Waals surface area contributed by atoms with Gasteiger partial charge in [0.2, 0.25) is 0 Å². The van der Waals surface area contributed by atoms with Crippen LogP contribution < -0.4 is 10.1 Å². The average Bonchev–Trinajstić information content (AvgIpc) is 2.86. The zero-order valence-electron chi connectivity index (χ0n) is 18.8. The largest absolute Gasteiger partial charge is 0.493 e. The number of rotatable bonds is 7. The van der Waals surface area contributed by atoms with Gasteiger partial charge in [0.25, 0.3) is 5.91 Å². The molecular weight excluding hydrogens is 408 g/mol. The summed E-state index contributed by atoms with van der Waals surface area (Å²) in [6, 6.07) is 30.6. The van der Waals surface area contributed by atoms with E-state index in [-0.39, 0.29) is 12.1 Å². The van der Waals surface area contributed by atoms with Crippen molar-refractivity contribution in [1.82, 2.24) is 4.90 Å². The van der Waals surface area contributed by atoms with Gasteiger partial charge in [0.15, 0.2) is 0 Å². The summed E-state index contributed by atoms with van der Waals surface area (Å²) in [5.74, 6) is 0.870. The Kier molecular flexibility index (Phi) is 5.99. The lowest BCUT2D eigenvalue weighted by Gasteiger charge is -2.39. The van der Waals surface area contributed by atoms with Crippen molar-refractivity contribution in [2.24, 2.45) is 0 Å². The first kappa shape index (κ1) is 21.1. The summed E-state index contributed by atoms with van der Waals surface area (Å²) in [6.07, 6.45) is 1.40. The number of para-hydroxylation sites is 1. The highest BCUT2D eigenvalue weighted by atomic mass is 16.5. The number of ether oxygens (including phenoxy) is 1. The first-order chi connectivity index (χ1) is 16.3. The van der Waals surface area contributed by atoms with Crippen LogP contribution in [0.25, 0.3) is 10.8 Å². The summed E-state index contributed by atoms with van der Waals surface area (Å²) in [4.78, 5) is 15.4. The molecule has 0 radical (unpaired) electrons. The van der Waals surface area contributed by atoms with E-state index < -0.39 is 0 Å². The van der Waals surface area contributed by atoms with Crippen LogP contribution >= 0.6 is 0 Å². The molecule has 1 unspecified atom stereocenters. The van der Waals surface area contributed by atoms with Gasteiger partial charge in [-0.3, -0.25) is 4.79 Å². The summed E-state index contributed by atoms with van der Waals surface area (Å²) in [5.41, 5.74) is 3.84. The van der Waals surface area contributed by atoms with Crippen molar-refractivity contribution in [3.8, 4) is 5.75 Å². The molecule has 0 saturated heterocycles. The third kappa shape index (κ3) is 4.17. The molecule has 0 aromatic heterocycles. The number of hydrogen-bond acceptors (Lipinski definition) is 3. The van der Waals surface area contributed by atoms with Crippen molar-refractivity contribution in [2.45, 2.75) is 25.9 Å². The van der Waals surface area contributed by atoms with E-state index >= 15 is 0 Å². The number of amides is 1. The van der Waals surface area contributed by atoms with Gasteiger partial charge in [-0.15, -0.1) is 0 Å². The molecule has 33 heavy (non-hydrogen) atoms. The van der Waals surface area contributed by atoms with Crippen LogP contribution in [-0.4, -0.2) is 24.0 Å². The lowest BCUT2D eigenvalue weighted by Crippen LogP contribution is -2.43. The van der Waals surface area contributed by atoms with Gasteiger partial charge in [0.05, 0.1) is 12.2 Å². The Morgan fingerprint density at radius 3 is 2.48 bits per heavy atom. The summed E-state index contributed by atoms with van der Waals surface area (Å²) in [5, 5.41) is 5.87. The molecule has 5 rings (SSSR count). The minimum absolute atomic E-state index is 0.0550. The Morgan fingerprint density at radius 1 is 0.879 bits per heavy atom. The fourth-order valence-electron chi connectivity index (χ4n) is 4.60. The number of fused-ring (bicyclic) bond motifs is 2. The average molecular weight is 437 g/mol. The van der Waals surface area contributed by atoms with Crippen molar-refractivity contribution < 1.29 is 9.53 Å². The maximum atomic E-state index is 13.5. The van der Waals surface area contributed by atoms with E-state index in [2.05, 4.69) is 54.7 Å². The first-order valence-electron chi connectivity index (χ1n) is 11.6. The molecule has 0 aliphatic carbocycles. The number of carbonyl (C=O) groups excluding carboxylic acids is 1. The highest BCUT2D eigenvalue weighted by Crippen LogP contribution is 2.40. The molecule has 1 amide bonds.